The molecule has 2 N–H and O–H groups in total. The number of nitrogens with one attached hydrogen (secondary N) is 1. The molecule has 0 bridgehead atoms. The SMILES string of the molecule is CC1CCCC(CCNCc2cnn(CCO)c2)C1. The van der Waals surface area contributed by atoms with Crippen LogP contribution in [0.2, 0.25) is 0 Å². The first-order valence-electron chi connectivity index (χ1n) is 7.61. The van der Waals surface area contributed by atoms with Gasteiger partial charge in [-0.15, -0.1) is 0 Å². The van der Waals surface area contributed by atoms with Gasteiger partial charge in [0, 0.05) is 18.3 Å². The van der Waals surface area contributed by atoms with E-state index in [9.17, 15) is 0 Å². The van der Waals surface area contributed by atoms with Crippen LogP contribution in [-0.2, 0) is 13.1 Å². The van der Waals surface area contributed by atoms with Crippen molar-refractivity contribution in [2.45, 2.75) is 52.1 Å². The maximum absolute atomic E-state index is 8.83. The lowest BCUT2D eigenvalue weighted by molar-refractivity contribution is 0.267. The van der Waals surface area contributed by atoms with Gasteiger partial charge < -0.3 is 10.4 Å². The lowest BCUT2D eigenvalue weighted by Crippen LogP contribution is -2.21. The first-order valence-corrected chi connectivity index (χ1v) is 7.61. The predicted octanol–water partition coefficient (Wildman–Crippen LogP) is 2.18. The monoisotopic (exact) mass is 265 g/mol. The maximum atomic E-state index is 8.83. The van der Waals surface area contributed by atoms with Crippen LogP contribution in [0.3, 0.4) is 0 Å². The predicted molar refractivity (Wildman–Crippen MR) is 76.8 cm³/mol. The number of hydrogen-bond acceptors (Lipinski definition) is 3. The third kappa shape index (κ3) is 4.96. The summed E-state index contributed by atoms with van der Waals surface area (Å²) in [6.45, 7) is 5.10. The maximum Gasteiger partial charge on any atom is 0.0640 e. The molecule has 0 aliphatic heterocycles. The fourth-order valence-corrected chi connectivity index (χ4v) is 3.08. The van der Waals surface area contributed by atoms with Gasteiger partial charge in [0.2, 0.25) is 0 Å². The molecule has 1 aliphatic rings. The van der Waals surface area contributed by atoms with Gasteiger partial charge in [0.1, 0.15) is 0 Å². The zero-order valence-electron chi connectivity index (χ0n) is 12.0. The fraction of sp³-hybridized carbons (Fsp3) is 0.800. The number of rotatable bonds is 7. The molecule has 2 unspecified atom stereocenters. The molecule has 1 saturated carbocycles. The average molecular weight is 265 g/mol. The molecule has 0 aromatic carbocycles. The Hall–Kier alpha value is -0.870. The van der Waals surface area contributed by atoms with E-state index < -0.39 is 0 Å². The molecule has 1 aromatic heterocycles. The Bertz CT molecular complexity index is 364. The van der Waals surface area contributed by atoms with Crippen LogP contribution < -0.4 is 5.32 Å². The lowest BCUT2D eigenvalue weighted by Gasteiger charge is -2.26. The van der Waals surface area contributed by atoms with Crippen LogP contribution in [0.1, 0.15) is 44.6 Å². The quantitative estimate of drug-likeness (QED) is 0.743. The highest BCUT2D eigenvalue weighted by molar-refractivity contribution is 5.03. The Labute approximate surface area is 116 Å². The molecule has 0 spiro atoms. The zero-order valence-corrected chi connectivity index (χ0v) is 12.0. The molecule has 2 rings (SSSR count). The summed E-state index contributed by atoms with van der Waals surface area (Å²) in [5.74, 6) is 1.85. The van der Waals surface area contributed by atoms with Crippen molar-refractivity contribution in [1.29, 1.82) is 0 Å². The van der Waals surface area contributed by atoms with E-state index in [1.165, 1.54) is 37.7 Å². The van der Waals surface area contributed by atoms with Gasteiger partial charge in [-0.1, -0.05) is 26.2 Å². The molecular formula is C15H27N3O. The summed E-state index contributed by atoms with van der Waals surface area (Å²) in [7, 11) is 0. The smallest absolute Gasteiger partial charge is 0.0640 e. The molecule has 4 nitrogen and oxygen atoms in total. The molecule has 0 radical (unpaired) electrons. The summed E-state index contributed by atoms with van der Waals surface area (Å²) < 4.78 is 1.79. The van der Waals surface area contributed by atoms with Crippen LogP contribution in [0.4, 0.5) is 0 Å². The molecule has 1 heterocycles. The van der Waals surface area contributed by atoms with Crippen LogP contribution >= 0.6 is 0 Å². The minimum absolute atomic E-state index is 0.147. The highest BCUT2D eigenvalue weighted by Crippen LogP contribution is 2.30. The van der Waals surface area contributed by atoms with Crippen molar-refractivity contribution in [3.8, 4) is 0 Å². The average Bonchev–Trinajstić information content (AvgIpc) is 2.83. The van der Waals surface area contributed by atoms with Crippen LogP contribution in [0.5, 0.6) is 0 Å². The van der Waals surface area contributed by atoms with E-state index in [-0.39, 0.29) is 6.61 Å². The van der Waals surface area contributed by atoms with E-state index >= 15 is 0 Å². The number of nitrogens with zero attached hydrogens (tertiary/aromatic N) is 2. The van der Waals surface area contributed by atoms with E-state index in [0.29, 0.717) is 6.54 Å². The first-order chi connectivity index (χ1) is 9.28. The van der Waals surface area contributed by atoms with Gasteiger partial charge in [0.25, 0.3) is 0 Å². The van der Waals surface area contributed by atoms with Gasteiger partial charge in [-0.05, 0) is 31.2 Å². The highest BCUT2D eigenvalue weighted by Gasteiger charge is 2.17. The second kappa shape index (κ2) is 7.65. The van der Waals surface area contributed by atoms with Crippen molar-refractivity contribution >= 4 is 0 Å². The standard InChI is InChI=1S/C15H27N3O/c1-13-3-2-4-14(9-13)5-6-16-10-15-11-17-18(12-15)7-8-19/h11-14,16,19H,2-10H2,1H3. The van der Waals surface area contributed by atoms with Gasteiger partial charge in [0.05, 0.1) is 19.3 Å². The van der Waals surface area contributed by atoms with E-state index in [1.54, 1.807) is 4.68 Å². The van der Waals surface area contributed by atoms with Crippen molar-refractivity contribution in [2.75, 3.05) is 13.2 Å². The zero-order chi connectivity index (χ0) is 13.5. The van der Waals surface area contributed by atoms with Crippen LogP contribution in [0.25, 0.3) is 0 Å². The topological polar surface area (TPSA) is 50.1 Å². The summed E-state index contributed by atoms with van der Waals surface area (Å²) in [4.78, 5) is 0. The Balaban J connectivity index is 1.60. The Morgan fingerprint density at radius 1 is 1.47 bits per heavy atom. The normalized spacial score (nSPS) is 23.7. The molecule has 0 amide bonds. The van der Waals surface area contributed by atoms with Crippen molar-refractivity contribution in [3.05, 3.63) is 18.0 Å². The van der Waals surface area contributed by atoms with E-state index in [0.717, 1.165) is 24.9 Å². The molecule has 2 atom stereocenters. The third-order valence-electron chi connectivity index (χ3n) is 4.12. The molecular weight excluding hydrogens is 238 g/mol. The van der Waals surface area contributed by atoms with Crippen molar-refractivity contribution in [3.63, 3.8) is 0 Å². The van der Waals surface area contributed by atoms with E-state index in [1.807, 2.05) is 12.4 Å². The molecule has 0 saturated heterocycles. The summed E-state index contributed by atoms with van der Waals surface area (Å²) >= 11 is 0. The Kier molecular flexibility index (Phi) is 5.86. The summed E-state index contributed by atoms with van der Waals surface area (Å²) in [6.07, 6.45) is 10.9. The second-order valence-electron chi connectivity index (χ2n) is 5.94. The molecule has 19 heavy (non-hydrogen) atoms. The van der Waals surface area contributed by atoms with Crippen molar-refractivity contribution in [1.82, 2.24) is 15.1 Å². The van der Waals surface area contributed by atoms with Crippen molar-refractivity contribution in [2.24, 2.45) is 11.8 Å². The van der Waals surface area contributed by atoms with E-state index in [4.69, 9.17) is 5.11 Å². The van der Waals surface area contributed by atoms with Crippen LogP contribution in [0, 0.1) is 11.8 Å². The molecule has 4 heteroatoms. The van der Waals surface area contributed by atoms with Gasteiger partial charge in [0.15, 0.2) is 0 Å². The number of aliphatic hydroxyl groups is 1. The minimum atomic E-state index is 0.147. The molecule has 108 valence electrons. The molecule has 1 aliphatic carbocycles. The van der Waals surface area contributed by atoms with Gasteiger partial charge >= 0.3 is 0 Å². The fourth-order valence-electron chi connectivity index (χ4n) is 3.08. The van der Waals surface area contributed by atoms with E-state index in [2.05, 4.69) is 17.3 Å². The number of hydrogen-bond donors (Lipinski definition) is 2. The van der Waals surface area contributed by atoms with Crippen LogP contribution in [0.15, 0.2) is 12.4 Å². The minimum Gasteiger partial charge on any atom is -0.394 e. The van der Waals surface area contributed by atoms with Gasteiger partial charge in [-0.25, -0.2) is 0 Å². The summed E-state index contributed by atoms with van der Waals surface area (Å²) in [5.41, 5.74) is 1.20. The number of aliphatic hydroxyl groups excluding tert-OH is 1. The molecule has 1 fully saturated rings. The summed E-state index contributed by atoms with van der Waals surface area (Å²) in [5, 5.41) is 16.5. The van der Waals surface area contributed by atoms with Crippen LogP contribution in [-0.4, -0.2) is 28.0 Å². The number of aromatic nitrogens is 2. The third-order valence-corrected chi connectivity index (χ3v) is 4.12. The van der Waals surface area contributed by atoms with Gasteiger partial charge in [-0.3, -0.25) is 4.68 Å². The Morgan fingerprint density at radius 2 is 2.37 bits per heavy atom. The molecule has 1 aromatic rings. The largest absolute Gasteiger partial charge is 0.394 e. The summed E-state index contributed by atoms with van der Waals surface area (Å²) in [6, 6.07) is 0. The first kappa shape index (κ1) is 14.5. The van der Waals surface area contributed by atoms with Gasteiger partial charge in [-0.2, -0.15) is 5.10 Å². The lowest BCUT2D eigenvalue weighted by atomic mass is 9.81. The highest BCUT2D eigenvalue weighted by atomic mass is 16.3. The Morgan fingerprint density at radius 3 is 3.16 bits per heavy atom. The van der Waals surface area contributed by atoms with Crippen molar-refractivity contribution < 1.29 is 5.11 Å². The second-order valence-corrected chi connectivity index (χ2v) is 5.94.